The predicted octanol–water partition coefficient (Wildman–Crippen LogP) is 1.97. The molecule has 106 valence electrons. The Kier molecular flexibility index (Phi) is 4.74. The third-order valence-electron chi connectivity index (χ3n) is 2.94. The number of aliphatic imine (C=N–C) groups is 1. The number of thioether (sulfide) groups is 1. The average molecular weight is 282 g/mol. The summed E-state index contributed by atoms with van der Waals surface area (Å²) in [5, 5.41) is 7.25. The first-order valence-electron chi connectivity index (χ1n) is 6.67. The van der Waals surface area contributed by atoms with E-state index in [0.29, 0.717) is 6.54 Å². The largest absolute Gasteiger partial charge is 0.364 e. The van der Waals surface area contributed by atoms with Crippen molar-refractivity contribution in [1.82, 2.24) is 15.4 Å². The number of guanidine groups is 1. The average Bonchev–Trinajstić information content (AvgIpc) is 2.86. The normalized spacial score (nSPS) is 19.5. The van der Waals surface area contributed by atoms with Crippen LogP contribution >= 0.6 is 11.8 Å². The van der Waals surface area contributed by atoms with Gasteiger partial charge in [-0.2, -0.15) is 11.8 Å². The zero-order valence-electron chi connectivity index (χ0n) is 11.8. The summed E-state index contributed by atoms with van der Waals surface area (Å²) in [6.07, 6.45) is 1.58. The Morgan fingerprint density at radius 3 is 3.11 bits per heavy atom. The summed E-state index contributed by atoms with van der Waals surface area (Å²) < 4.78 is 5.11. The molecule has 0 atom stereocenters. The van der Waals surface area contributed by atoms with Crippen molar-refractivity contribution < 1.29 is 4.52 Å². The van der Waals surface area contributed by atoms with Crippen molar-refractivity contribution in [3.63, 3.8) is 0 Å². The Labute approximate surface area is 118 Å². The number of aromatic nitrogens is 1. The summed E-state index contributed by atoms with van der Waals surface area (Å²) >= 11 is 2.02. The summed E-state index contributed by atoms with van der Waals surface area (Å²) in [5.41, 5.74) is 0.862. The molecule has 0 amide bonds. The molecule has 2 rings (SSSR count). The second-order valence-corrected chi connectivity index (χ2v) is 6.99. The van der Waals surface area contributed by atoms with Gasteiger partial charge in [-0.25, -0.2) is 4.99 Å². The van der Waals surface area contributed by atoms with E-state index in [4.69, 9.17) is 4.52 Å². The Morgan fingerprint density at radius 2 is 2.47 bits per heavy atom. The minimum Gasteiger partial charge on any atom is -0.364 e. The molecule has 1 aromatic rings. The van der Waals surface area contributed by atoms with Gasteiger partial charge in [0, 0.05) is 36.2 Å². The van der Waals surface area contributed by atoms with E-state index < -0.39 is 0 Å². The third-order valence-corrected chi connectivity index (χ3v) is 4.24. The molecule has 1 aliphatic heterocycles. The fraction of sp³-hybridized carbons (Fsp3) is 0.692. The first kappa shape index (κ1) is 14.2. The molecule has 19 heavy (non-hydrogen) atoms. The van der Waals surface area contributed by atoms with Crippen LogP contribution in [0.15, 0.2) is 21.8 Å². The van der Waals surface area contributed by atoms with Gasteiger partial charge in [0.25, 0.3) is 0 Å². The second kappa shape index (κ2) is 6.32. The van der Waals surface area contributed by atoms with Crippen LogP contribution in [-0.4, -0.2) is 46.2 Å². The Bertz CT molecular complexity index is 416. The molecular weight excluding hydrogens is 260 g/mol. The first-order valence-corrected chi connectivity index (χ1v) is 7.66. The van der Waals surface area contributed by atoms with Crippen LogP contribution in [0.3, 0.4) is 0 Å². The van der Waals surface area contributed by atoms with Crippen molar-refractivity contribution in [2.45, 2.75) is 32.1 Å². The summed E-state index contributed by atoms with van der Waals surface area (Å²) in [5.74, 6) is 2.11. The molecule has 0 unspecified atom stereocenters. The SMILES string of the molecule is CCNC(=NCc1ccon1)N1CCSC(C)(C)C1. The lowest BCUT2D eigenvalue weighted by Crippen LogP contribution is -2.50. The van der Waals surface area contributed by atoms with Crippen molar-refractivity contribution >= 4 is 17.7 Å². The highest BCUT2D eigenvalue weighted by Gasteiger charge is 2.28. The van der Waals surface area contributed by atoms with Gasteiger partial charge < -0.3 is 14.7 Å². The fourth-order valence-electron chi connectivity index (χ4n) is 2.10. The lowest BCUT2D eigenvalue weighted by atomic mass is 10.2. The van der Waals surface area contributed by atoms with Gasteiger partial charge in [0.1, 0.15) is 12.0 Å². The van der Waals surface area contributed by atoms with Gasteiger partial charge in [-0.3, -0.25) is 0 Å². The predicted molar refractivity (Wildman–Crippen MR) is 79.4 cm³/mol. The van der Waals surface area contributed by atoms with E-state index in [1.165, 1.54) is 0 Å². The van der Waals surface area contributed by atoms with Crippen molar-refractivity contribution in [2.24, 2.45) is 4.99 Å². The van der Waals surface area contributed by atoms with Crippen LogP contribution in [0.25, 0.3) is 0 Å². The summed E-state index contributed by atoms with van der Waals surface area (Å²) in [6, 6.07) is 1.85. The third kappa shape index (κ3) is 4.16. The Balaban J connectivity index is 2.04. The van der Waals surface area contributed by atoms with Crippen LogP contribution in [-0.2, 0) is 6.54 Å². The van der Waals surface area contributed by atoms with Gasteiger partial charge in [-0.15, -0.1) is 0 Å². The molecule has 2 heterocycles. The molecule has 1 aliphatic rings. The quantitative estimate of drug-likeness (QED) is 0.678. The smallest absolute Gasteiger partial charge is 0.194 e. The minimum absolute atomic E-state index is 0.280. The summed E-state index contributed by atoms with van der Waals surface area (Å²) in [7, 11) is 0. The lowest BCUT2D eigenvalue weighted by molar-refractivity contribution is 0.375. The molecule has 1 fully saturated rings. The number of nitrogens with one attached hydrogen (secondary N) is 1. The maximum atomic E-state index is 4.83. The van der Waals surface area contributed by atoms with Gasteiger partial charge in [0.05, 0.1) is 6.54 Å². The molecule has 0 aromatic carbocycles. The second-order valence-electron chi connectivity index (χ2n) is 5.19. The maximum absolute atomic E-state index is 4.83. The minimum atomic E-state index is 0.280. The Morgan fingerprint density at radius 1 is 1.63 bits per heavy atom. The van der Waals surface area contributed by atoms with E-state index in [9.17, 15) is 0 Å². The van der Waals surface area contributed by atoms with Crippen molar-refractivity contribution in [1.29, 1.82) is 0 Å². The highest BCUT2D eigenvalue weighted by atomic mass is 32.2. The van der Waals surface area contributed by atoms with Gasteiger partial charge >= 0.3 is 0 Å². The van der Waals surface area contributed by atoms with E-state index in [-0.39, 0.29) is 4.75 Å². The van der Waals surface area contributed by atoms with Crippen LogP contribution in [0.4, 0.5) is 0 Å². The van der Waals surface area contributed by atoms with Crippen molar-refractivity contribution in [2.75, 3.05) is 25.4 Å². The highest BCUT2D eigenvalue weighted by molar-refractivity contribution is 8.00. The topological polar surface area (TPSA) is 53.7 Å². The molecule has 0 saturated carbocycles. The monoisotopic (exact) mass is 282 g/mol. The van der Waals surface area contributed by atoms with E-state index in [0.717, 1.165) is 37.0 Å². The van der Waals surface area contributed by atoms with Crippen LogP contribution in [0.2, 0.25) is 0 Å². The molecule has 0 aliphatic carbocycles. The molecule has 5 nitrogen and oxygen atoms in total. The number of rotatable bonds is 3. The molecule has 1 N–H and O–H groups in total. The molecule has 0 spiro atoms. The Hall–Kier alpha value is -1.17. The molecule has 0 bridgehead atoms. The number of nitrogens with zero attached hydrogens (tertiary/aromatic N) is 3. The number of hydrogen-bond acceptors (Lipinski definition) is 4. The van der Waals surface area contributed by atoms with E-state index in [1.807, 2.05) is 17.8 Å². The zero-order chi connectivity index (χ0) is 13.7. The van der Waals surface area contributed by atoms with Gasteiger partial charge in [0.2, 0.25) is 0 Å². The maximum Gasteiger partial charge on any atom is 0.194 e. The summed E-state index contributed by atoms with van der Waals surface area (Å²) in [4.78, 5) is 6.98. The van der Waals surface area contributed by atoms with Crippen LogP contribution in [0.5, 0.6) is 0 Å². The van der Waals surface area contributed by atoms with Crippen molar-refractivity contribution in [3.05, 3.63) is 18.0 Å². The lowest BCUT2D eigenvalue weighted by Gasteiger charge is -2.39. The molecule has 1 saturated heterocycles. The zero-order valence-corrected chi connectivity index (χ0v) is 12.7. The standard InChI is InChI=1S/C13H22N4OS/c1-4-14-12(15-9-11-5-7-18-16-11)17-6-8-19-13(2,3)10-17/h5,7H,4,6,8-10H2,1-3H3,(H,14,15). The molecule has 0 radical (unpaired) electrons. The number of hydrogen-bond donors (Lipinski definition) is 1. The highest BCUT2D eigenvalue weighted by Crippen LogP contribution is 2.29. The molecule has 6 heteroatoms. The van der Waals surface area contributed by atoms with Gasteiger partial charge in [-0.1, -0.05) is 5.16 Å². The van der Waals surface area contributed by atoms with Crippen LogP contribution in [0.1, 0.15) is 26.5 Å². The van der Waals surface area contributed by atoms with Crippen molar-refractivity contribution in [3.8, 4) is 0 Å². The van der Waals surface area contributed by atoms with Gasteiger partial charge in [0.15, 0.2) is 5.96 Å². The van der Waals surface area contributed by atoms with E-state index >= 15 is 0 Å². The van der Waals surface area contributed by atoms with Crippen LogP contribution < -0.4 is 5.32 Å². The fourth-order valence-corrected chi connectivity index (χ4v) is 3.21. The van der Waals surface area contributed by atoms with Gasteiger partial charge in [-0.05, 0) is 20.8 Å². The first-order chi connectivity index (χ1) is 9.11. The molecule has 1 aromatic heterocycles. The summed E-state index contributed by atoms with van der Waals surface area (Å²) in [6.45, 7) is 10.1. The van der Waals surface area contributed by atoms with Crippen LogP contribution in [0, 0.1) is 0 Å². The van der Waals surface area contributed by atoms with E-state index in [2.05, 4.69) is 41.1 Å². The molecular formula is C13H22N4OS. The van der Waals surface area contributed by atoms with E-state index in [1.54, 1.807) is 6.26 Å².